The van der Waals surface area contributed by atoms with Crippen molar-refractivity contribution in [3.8, 4) is 0 Å². The van der Waals surface area contributed by atoms with Crippen LogP contribution in [0.4, 0.5) is 0 Å². The highest BCUT2D eigenvalue weighted by Gasteiger charge is 1.96. The quantitative estimate of drug-likeness (QED) is 0.493. The van der Waals surface area contributed by atoms with Crippen LogP contribution in [0.25, 0.3) is 0 Å². The highest BCUT2D eigenvalue weighted by Crippen LogP contribution is 1.85. The molecule has 0 saturated carbocycles. The molecule has 0 heterocycles. The van der Waals surface area contributed by atoms with Crippen molar-refractivity contribution in [2.75, 3.05) is 19.8 Å². The molecule has 0 fully saturated rings. The van der Waals surface area contributed by atoms with Gasteiger partial charge in [0.05, 0.1) is 13.2 Å². The summed E-state index contributed by atoms with van der Waals surface area (Å²) in [5.74, 6) is 0.102. The van der Waals surface area contributed by atoms with Crippen molar-refractivity contribution in [2.24, 2.45) is 0 Å². The molecular formula is C12H21NO2. The summed E-state index contributed by atoms with van der Waals surface area (Å²) in [6, 6.07) is 0. The predicted molar refractivity (Wildman–Crippen MR) is 62.7 cm³/mol. The smallest absolute Gasteiger partial charge is 0.220 e. The van der Waals surface area contributed by atoms with Crippen LogP contribution in [0.5, 0.6) is 0 Å². The molecule has 0 aliphatic heterocycles. The molecule has 0 aromatic carbocycles. The van der Waals surface area contributed by atoms with Gasteiger partial charge >= 0.3 is 0 Å². The predicted octanol–water partition coefficient (Wildman–Crippen LogP) is 2.05. The molecule has 0 saturated heterocycles. The number of hydrogen-bond donors (Lipinski definition) is 1. The Labute approximate surface area is 92.2 Å². The van der Waals surface area contributed by atoms with E-state index in [4.69, 9.17) is 4.74 Å². The van der Waals surface area contributed by atoms with Crippen LogP contribution in [-0.4, -0.2) is 25.7 Å². The first-order valence-electron chi connectivity index (χ1n) is 5.43. The van der Waals surface area contributed by atoms with Crippen molar-refractivity contribution in [3.63, 3.8) is 0 Å². The van der Waals surface area contributed by atoms with Gasteiger partial charge in [0.25, 0.3) is 0 Å². The number of allylic oxidation sites excluding steroid dienone is 3. The third-order valence-electron chi connectivity index (χ3n) is 1.70. The van der Waals surface area contributed by atoms with Crippen molar-refractivity contribution in [3.05, 3.63) is 24.3 Å². The van der Waals surface area contributed by atoms with Crippen LogP contribution in [0.2, 0.25) is 0 Å². The van der Waals surface area contributed by atoms with E-state index < -0.39 is 0 Å². The lowest BCUT2D eigenvalue weighted by Gasteiger charge is -2.03. The molecule has 0 aliphatic rings. The summed E-state index contributed by atoms with van der Waals surface area (Å²) >= 11 is 0. The zero-order chi connectivity index (χ0) is 11.4. The third kappa shape index (κ3) is 10.8. The molecule has 0 rings (SSSR count). The van der Waals surface area contributed by atoms with Crippen LogP contribution >= 0.6 is 0 Å². The Morgan fingerprint density at radius 3 is 2.87 bits per heavy atom. The van der Waals surface area contributed by atoms with Crippen molar-refractivity contribution >= 4 is 5.91 Å². The molecule has 0 aliphatic carbocycles. The molecular weight excluding hydrogens is 190 g/mol. The average molecular weight is 211 g/mol. The molecule has 0 bridgehead atoms. The van der Waals surface area contributed by atoms with E-state index in [0.717, 1.165) is 6.42 Å². The summed E-state index contributed by atoms with van der Waals surface area (Å²) in [6.45, 7) is 5.70. The van der Waals surface area contributed by atoms with E-state index in [1.165, 1.54) is 0 Å². The topological polar surface area (TPSA) is 38.3 Å². The van der Waals surface area contributed by atoms with Crippen molar-refractivity contribution in [1.29, 1.82) is 0 Å². The fourth-order valence-electron chi connectivity index (χ4n) is 0.975. The molecule has 86 valence electrons. The summed E-state index contributed by atoms with van der Waals surface area (Å²) in [7, 11) is 0. The minimum Gasteiger partial charge on any atom is -0.376 e. The minimum atomic E-state index is 0.102. The zero-order valence-electron chi connectivity index (χ0n) is 9.66. The molecule has 3 heteroatoms. The van der Waals surface area contributed by atoms with Gasteiger partial charge in [0.1, 0.15) is 0 Å². The van der Waals surface area contributed by atoms with Gasteiger partial charge < -0.3 is 10.1 Å². The molecule has 0 unspecified atom stereocenters. The Hall–Kier alpha value is -1.09. The second-order valence-corrected chi connectivity index (χ2v) is 3.13. The second kappa shape index (κ2) is 11.0. The van der Waals surface area contributed by atoms with E-state index in [-0.39, 0.29) is 5.91 Å². The molecule has 15 heavy (non-hydrogen) atoms. The molecule has 0 radical (unpaired) electrons. The maximum Gasteiger partial charge on any atom is 0.220 e. The van der Waals surface area contributed by atoms with Gasteiger partial charge in [-0.25, -0.2) is 0 Å². The first-order valence-corrected chi connectivity index (χ1v) is 5.43. The fraction of sp³-hybridized carbons (Fsp3) is 0.583. The molecule has 0 aromatic heterocycles. The lowest BCUT2D eigenvalue weighted by atomic mass is 10.3. The monoisotopic (exact) mass is 211 g/mol. The lowest BCUT2D eigenvalue weighted by Crippen LogP contribution is -2.26. The molecule has 0 spiro atoms. The summed E-state index contributed by atoms with van der Waals surface area (Å²) in [6.07, 6.45) is 9.28. The number of nitrogens with one attached hydrogen (secondary N) is 1. The second-order valence-electron chi connectivity index (χ2n) is 3.13. The van der Waals surface area contributed by atoms with Crippen LogP contribution in [-0.2, 0) is 9.53 Å². The van der Waals surface area contributed by atoms with Gasteiger partial charge in [0, 0.05) is 13.0 Å². The van der Waals surface area contributed by atoms with Crippen LogP contribution in [0.3, 0.4) is 0 Å². The van der Waals surface area contributed by atoms with E-state index in [9.17, 15) is 4.79 Å². The van der Waals surface area contributed by atoms with Crippen LogP contribution in [0.15, 0.2) is 24.3 Å². The average Bonchev–Trinajstić information content (AvgIpc) is 2.22. The summed E-state index contributed by atoms with van der Waals surface area (Å²) in [5.41, 5.74) is 0. The van der Waals surface area contributed by atoms with Crippen molar-refractivity contribution in [2.45, 2.75) is 26.7 Å². The van der Waals surface area contributed by atoms with E-state index in [1.807, 2.05) is 38.2 Å². The molecule has 0 aromatic rings. The SMILES string of the molecule is CC=CC=CCOCCNC(=O)CCC. The Kier molecular flexibility index (Phi) is 10.2. The number of hydrogen-bond acceptors (Lipinski definition) is 2. The van der Waals surface area contributed by atoms with Crippen molar-refractivity contribution < 1.29 is 9.53 Å². The summed E-state index contributed by atoms with van der Waals surface area (Å²) < 4.78 is 5.27. The molecule has 1 N–H and O–H groups in total. The van der Waals surface area contributed by atoms with Crippen LogP contribution < -0.4 is 5.32 Å². The molecule has 0 atom stereocenters. The fourth-order valence-corrected chi connectivity index (χ4v) is 0.975. The molecule has 3 nitrogen and oxygen atoms in total. The summed E-state index contributed by atoms with van der Waals surface area (Å²) in [4.78, 5) is 11.0. The lowest BCUT2D eigenvalue weighted by molar-refractivity contribution is -0.121. The number of carbonyl (C=O) groups is 1. The Bertz CT molecular complexity index is 210. The minimum absolute atomic E-state index is 0.102. The van der Waals surface area contributed by atoms with Gasteiger partial charge in [-0.3, -0.25) is 4.79 Å². The number of ether oxygens (including phenoxy) is 1. The number of rotatable bonds is 8. The summed E-state index contributed by atoms with van der Waals surface area (Å²) in [5, 5.41) is 2.78. The maximum absolute atomic E-state index is 11.0. The third-order valence-corrected chi connectivity index (χ3v) is 1.70. The largest absolute Gasteiger partial charge is 0.376 e. The van der Waals surface area contributed by atoms with Gasteiger partial charge in [-0.15, -0.1) is 0 Å². The normalized spacial score (nSPS) is 11.3. The first-order chi connectivity index (χ1) is 7.31. The highest BCUT2D eigenvalue weighted by atomic mass is 16.5. The van der Waals surface area contributed by atoms with E-state index in [2.05, 4.69) is 5.32 Å². The maximum atomic E-state index is 11.0. The Balaban J connectivity index is 3.21. The van der Waals surface area contributed by atoms with Crippen molar-refractivity contribution in [1.82, 2.24) is 5.32 Å². The molecule has 1 amide bonds. The number of carbonyl (C=O) groups excluding carboxylic acids is 1. The van der Waals surface area contributed by atoms with Gasteiger partial charge in [0.2, 0.25) is 5.91 Å². The first kappa shape index (κ1) is 13.9. The highest BCUT2D eigenvalue weighted by molar-refractivity contribution is 5.75. The Morgan fingerprint density at radius 1 is 1.40 bits per heavy atom. The van der Waals surface area contributed by atoms with E-state index in [1.54, 1.807) is 0 Å². The van der Waals surface area contributed by atoms with Crippen LogP contribution in [0, 0.1) is 0 Å². The Morgan fingerprint density at radius 2 is 2.20 bits per heavy atom. The van der Waals surface area contributed by atoms with Gasteiger partial charge in [-0.2, -0.15) is 0 Å². The standard InChI is InChI=1S/C12H21NO2/c1-3-5-6-7-10-15-11-9-13-12(14)8-4-2/h3,5-7H,4,8-11H2,1-2H3,(H,13,14). The number of amides is 1. The van der Waals surface area contributed by atoms with Gasteiger partial charge in [0.15, 0.2) is 0 Å². The van der Waals surface area contributed by atoms with E-state index in [0.29, 0.717) is 26.2 Å². The van der Waals surface area contributed by atoms with Crippen LogP contribution in [0.1, 0.15) is 26.7 Å². The van der Waals surface area contributed by atoms with Gasteiger partial charge in [-0.1, -0.05) is 31.2 Å². The van der Waals surface area contributed by atoms with E-state index >= 15 is 0 Å². The van der Waals surface area contributed by atoms with Gasteiger partial charge in [-0.05, 0) is 13.3 Å². The zero-order valence-corrected chi connectivity index (χ0v) is 9.66.